The van der Waals surface area contributed by atoms with Gasteiger partial charge in [-0.05, 0) is 26.3 Å². The quantitative estimate of drug-likeness (QED) is 0.800. The first-order chi connectivity index (χ1) is 11.4. The number of amides is 4. The average molecular weight is 333 g/mol. The van der Waals surface area contributed by atoms with E-state index in [2.05, 4.69) is 10.4 Å². The lowest BCUT2D eigenvalue weighted by molar-refractivity contribution is -0.140. The SMILES string of the molecule is CCCN1C(=O)N[C@@H](CC(=O)N2CC(n3nc(C)cc3C)C2)C1=O. The Bertz CT molecular complexity index is 677. The first-order valence-electron chi connectivity index (χ1n) is 8.33. The first-order valence-corrected chi connectivity index (χ1v) is 8.33. The Morgan fingerprint density at radius 3 is 2.62 bits per heavy atom. The van der Waals surface area contributed by atoms with Gasteiger partial charge in [-0.25, -0.2) is 4.79 Å². The number of hydrogen-bond acceptors (Lipinski definition) is 4. The molecule has 2 aliphatic rings. The topological polar surface area (TPSA) is 87.5 Å². The number of nitrogens with one attached hydrogen (secondary N) is 1. The highest BCUT2D eigenvalue weighted by molar-refractivity contribution is 6.05. The maximum Gasteiger partial charge on any atom is 0.324 e. The van der Waals surface area contributed by atoms with Gasteiger partial charge in [0.2, 0.25) is 5.91 Å². The number of carbonyl (C=O) groups excluding carboxylic acids is 3. The molecule has 0 saturated carbocycles. The van der Waals surface area contributed by atoms with Gasteiger partial charge in [0.1, 0.15) is 6.04 Å². The maximum atomic E-state index is 12.3. The molecule has 4 amide bonds. The van der Waals surface area contributed by atoms with E-state index in [1.54, 1.807) is 4.90 Å². The zero-order chi connectivity index (χ0) is 17.4. The Kier molecular flexibility index (Phi) is 4.29. The molecule has 0 aromatic carbocycles. The van der Waals surface area contributed by atoms with Crippen LogP contribution < -0.4 is 5.32 Å². The van der Waals surface area contributed by atoms with Crippen LogP contribution in [-0.4, -0.2) is 63.1 Å². The second kappa shape index (κ2) is 6.26. The molecule has 130 valence electrons. The Morgan fingerprint density at radius 1 is 1.33 bits per heavy atom. The van der Waals surface area contributed by atoms with Gasteiger partial charge < -0.3 is 10.2 Å². The van der Waals surface area contributed by atoms with Gasteiger partial charge in [-0.15, -0.1) is 0 Å². The Labute approximate surface area is 140 Å². The highest BCUT2D eigenvalue weighted by atomic mass is 16.2. The Balaban J connectivity index is 1.53. The molecule has 0 radical (unpaired) electrons. The number of likely N-dealkylation sites (tertiary alicyclic amines) is 1. The van der Waals surface area contributed by atoms with Crippen molar-refractivity contribution < 1.29 is 14.4 Å². The second-order valence-corrected chi connectivity index (χ2v) is 6.52. The molecular formula is C16H23N5O3. The number of aromatic nitrogens is 2. The van der Waals surface area contributed by atoms with E-state index in [9.17, 15) is 14.4 Å². The van der Waals surface area contributed by atoms with Crippen LogP contribution in [0.25, 0.3) is 0 Å². The third-order valence-corrected chi connectivity index (χ3v) is 4.54. The fourth-order valence-corrected chi connectivity index (χ4v) is 3.28. The summed E-state index contributed by atoms with van der Waals surface area (Å²) in [5.41, 5.74) is 2.05. The van der Waals surface area contributed by atoms with Crippen molar-refractivity contribution in [3.63, 3.8) is 0 Å². The van der Waals surface area contributed by atoms with Gasteiger partial charge in [0.25, 0.3) is 5.91 Å². The molecule has 2 saturated heterocycles. The molecule has 1 aromatic heterocycles. The molecule has 1 aromatic rings. The number of nitrogens with zero attached hydrogens (tertiary/aromatic N) is 4. The lowest BCUT2D eigenvalue weighted by Crippen LogP contribution is -2.52. The predicted octanol–water partition coefficient (Wildman–Crippen LogP) is 0.604. The average Bonchev–Trinajstić information content (AvgIpc) is 2.92. The van der Waals surface area contributed by atoms with Crippen molar-refractivity contribution in [3.05, 3.63) is 17.5 Å². The Morgan fingerprint density at radius 2 is 2.04 bits per heavy atom. The number of carbonyl (C=O) groups is 3. The lowest BCUT2D eigenvalue weighted by Gasteiger charge is -2.40. The number of rotatable bonds is 5. The van der Waals surface area contributed by atoms with E-state index in [0.29, 0.717) is 26.1 Å². The van der Waals surface area contributed by atoms with Gasteiger partial charge in [0.05, 0.1) is 18.2 Å². The molecule has 0 aliphatic carbocycles. The summed E-state index contributed by atoms with van der Waals surface area (Å²) in [6, 6.07) is 1.07. The van der Waals surface area contributed by atoms with Crippen LogP contribution >= 0.6 is 0 Å². The number of urea groups is 1. The first kappa shape index (κ1) is 16.5. The Hall–Kier alpha value is -2.38. The van der Waals surface area contributed by atoms with Crippen molar-refractivity contribution in [2.45, 2.75) is 45.7 Å². The zero-order valence-corrected chi connectivity index (χ0v) is 14.3. The van der Waals surface area contributed by atoms with Crippen LogP contribution in [0, 0.1) is 13.8 Å². The minimum Gasteiger partial charge on any atom is -0.338 e. The van der Waals surface area contributed by atoms with E-state index >= 15 is 0 Å². The summed E-state index contributed by atoms with van der Waals surface area (Å²) in [6.45, 7) is 7.42. The minimum atomic E-state index is -0.732. The van der Waals surface area contributed by atoms with Crippen molar-refractivity contribution in [1.82, 2.24) is 24.9 Å². The van der Waals surface area contributed by atoms with E-state index in [0.717, 1.165) is 11.4 Å². The van der Waals surface area contributed by atoms with Crippen molar-refractivity contribution in [2.75, 3.05) is 19.6 Å². The summed E-state index contributed by atoms with van der Waals surface area (Å²) >= 11 is 0. The van der Waals surface area contributed by atoms with Gasteiger partial charge in [0.15, 0.2) is 0 Å². The van der Waals surface area contributed by atoms with Gasteiger partial charge in [-0.3, -0.25) is 19.2 Å². The minimum absolute atomic E-state index is 0.0224. The van der Waals surface area contributed by atoms with Crippen molar-refractivity contribution in [1.29, 1.82) is 0 Å². The number of hydrogen-bond donors (Lipinski definition) is 1. The third-order valence-electron chi connectivity index (χ3n) is 4.54. The molecule has 2 fully saturated rings. The summed E-state index contributed by atoms with van der Waals surface area (Å²) in [4.78, 5) is 39.2. The number of aryl methyl sites for hydroxylation is 2. The summed E-state index contributed by atoms with van der Waals surface area (Å²) in [7, 11) is 0. The summed E-state index contributed by atoms with van der Waals surface area (Å²) in [5, 5.41) is 7.04. The molecule has 0 spiro atoms. The lowest BCUT2D eigenvalue weighted by atomic mass is 10.1. The molecule has 8 nitrogen and oxygen atoms in total. The molecule has 0 unspecified atom stereocenters. The van der Waals surface area contributed by atoms with Crippen LogP contribution in [0.5, 0.6) is 0 Å². The highest BCUT2D eigenvalue weighted by Gasteiger charge is 2.41. The van der Waals surface area contributed by atoms with Crippen LogP contribution in [0.3, 0.4) is 0 Å². The van der Waals surface area contributed by atoms with E-state index in [1.165, 1.54) is 4.90 Å². The fourth-order valence-electron chi connectivity index (χ4n) is 3.28. The van der Waals surface area contributed by atoms with Crippen LogP contribution in [0.4, 0.5) is 4.79 Å². The summed E-state index contributed by atoms with van der Waals surface area (Å²) in [5.74, 6) is -0.407. The van der Waals surface area contributed by atoms with Gasteiger partial charge in [-0.2, -0.15) is 5.10 Å². The van der Waals surface area contributed by atoms with Gasteiger partial charge >= 0.3 is 6.03 Å². The molecule has 2 aliphatic heterocycles. The van der Waals surface area contributed by atoms with Crippen LogP contribution in [0.2, 0.25) is 0 Å². The van der Waals surface area contributed by atoms with Crippen molar-refractivity contribution in [2.24, 2.45) is 0 Å². The molecule has 24 heavy (non-hydrogen) atoms. The molecular weight excluding hydrogens is 310 g/mol. The molecule has 1 atom stereocenters. The van der Waals surface area contributed by atoms with Crippen LogP contribution in [-0.2, 0) is 9.59 Å². The van der Waals surface area contributed by atoms with Crippen molar-refractivity contribution >= 4 is 17.8 Å². The standard InChI is InChI=1S/C16H23N5O3/c1-4-5-20-15(23)13(17-16(20)24)7-14(22)19-8-12(9-19)21-11(3)6-10(2)18-21/h6,12-13H,4-5,7-9H2,1-3H3,(H,17,24)/t13-/m0/s1. The molecule has 1 N–H and O–H groups in total. The van der Waals surface area contributed by atoms with Gasteiger partial charge in [-0.1, -0.05) is 6.92 Å². The molecule has 3 rings (SSSR count). The molecule has 0 bridgehead atoms. The van der Waals surface area contributed by atoms with Crippen LogP contribution in [0.15, 0.2) is 6.07 Å². The largest absolute Gasteiger partial charge is 0.338 e. The van der Waals surface area contributed by atoms with Crippen LogP contribution in [0.1, 0.15) is 37.2 Å². The maximum absolute atomic E-state index is 12.3. The van der Waals surface area contributed by atoms with Gasteiger partial charge in [0, 0.05) is 25.3 Å². The van der Waals surface area contributed by atoms with Crippen molar-refractivity contribution in [3.8, 4) is 0 Å². The second-order valence-electron chi connectivity index (χ2n) is 6.52. The summed E-state index contributed by atoms with van der Waals surface area (Å²) in [6.07, 6.45) is 0.727. The van der Waals surface area contributed by atoms with E-state index in [-0.39, 0.29) is 24.3 Å². The summed E-state index contributed by atoms with van der Waals surface area (Å²) < 4.78 is 1.95. The van der Waals surface area contributed by atoms with E-state index in [1.807, 2.05) is 31.5 Å². The predicted molar refractivity (Wildman–Crippen MR) is 86.3 cm³/mol. The van der Waals surface area contributed by atoms with E-state index < -0.39 is 12.1 Å². The highest BCUT2D eigenvalue weighted by Crippen LogP contribution is 2.24. The zero-order valence-electron chi connectivity index (χ0n) is 14.3. The smallest absolute Gasteiger partial charge is 0.324 e. The third kappa shape index (κ3) is 2.88. The molecule has 8 heteroatoms. The molecule has 3 heterocycles. The van der Waals surface area contributed by atoms with E-state index in [4.69, 9.17) is 0 Å². The monoisotopic (exact) mass is 333 g/mol. The number of imide groups is 1. The fraction of sp³-hybridized carbons (Fsp3) is 0.625. The normalized spacial score (nSPS) is 21.2.